The van der Waals surface area contributed by atoms with Gasteiger partial charge in [-0.25, -0.2) is 4.98 Å². The highest BCUT2D eigenvalue weighted by Crippen LogP contribution is 2.28. The van der Waals surface area contributed by atoms with Gasteiger partial charge < -0.3 is 0 Å². The average Bonchev–Trinajstić information content (AvgIpc) is 3.27. The molecule has 1 heterocycles. The van der Waals surface area contributed by atoms with Crippen LogP contribution in [0.15, 0.2) is 84.2 Å². The lowest BCUT2D eigenvalue weighted by Crippen LogP contribution is -2.14. The molecule has 31 heavy (non-hydrogen) atoms. The molecule has 0 radical (unpaired) electrons. The predicted molar refractivity (Wildman–Crippen MR) is 122 cm³/mol. The summed E-state index contributed by atoms with van der Waals surface area (Å²) in [6, 6.07) is 24.0. The van der Waals surface area contributed by atoms with Crippen LogP contribution in [0.1, 0.15) is 21.5 Å². The van der Waals surface area contributed by atoms with E-state index in [9.17, 15) is 14.9 Å². The quantitative estimate of drug-likeness (QED) is 0.299. The Morgan fingerprint density at radius 1 is 0.968 bits per heavy atom. The number of nitro groups is 1. The van der Waals surface area contributed by atoms with Crippen LogP contribution < -0.4 is 5.32 Å². The Hall–Kier alpha value is -3.84. The number of nitrogens with one attached hydrogen (secondary N) is 1. The summed E-state index contributed by atoms with van der Waals surface area (Å²) in [7, 11) is 0. The van der Waals surface area contributed by atoms with E-state index in [4.69, 9.17) is 0 Å². The van der Waals surface area contributed by atoms with E-state index < -0.39 is 4.92 Å². The molecule has 1 aromatic heterocycles. The molecule has 4 rings (SSSR count). The molecular weight excluding hydrogens is 410 g/mol. The molecule has 0 fully saturated rings. The fourth-order valence-electron chi connectivity index (χ4n) is 3.29. The van der Waals surface area contributed by atoms with Gasteiger partial charge in [0.2, 0.25) is 0 Å². The number of rotatable bonds is 7. The lowest BCUT2D eigenvalue weighted by atomic mass is 9.99. The third-order valence-corrected chi connectivity index (χ3v) is 5.62. The van der Waals surface area contributed by atoms with E-state index in [1.165, 1.54) is 29.0 Å². The summed E-state index contributed by atoms with van der Waals surface area (Å²) in [6.07, 6.45) is 1.60. The van der Waals surface area contributed by atoms with Gasteiger partial charge in [0.25, 0.3) is 11.6 Å². The molecule has 0 saturated carbocycles. The van der Waals surface area contributed by atoms with Gasteiger partial charge in [-0.2, -0.15) is 0 Å². The summed E-state index contributed by atoms with van der Waals surface area (Å²) in [4.78, 5) is 27.9. The van der Waals surface area contributed by atoms with E-state index in [0.717, 1.165) is 18.4 Å². The smallest absolute Gasteiger partial charge is 0.270 e. The highest BCUT2D eigenvalue weighted by molar-refractivity contribution is 7.14. The van der Waals surface area contributed by atoms with E-state index in [1.54, 1.807) is 17.5 Å². The zero-order valence-electron chi connectivity index (χ0n) is 16.5. The molecule has 3 aromatic carbocycles. The molecule has 0 aliphatic carbocycles. The molecule has 1 N–H and O–H groups in total. The van der Waals surface area contributed by atoms with Crippen molar-refractivity contribution in [2.45, 2.75) is 12.8 Å². The van der Waals surface area contributed by atoms with Gasteiger partial charge >= 0.3 is 0 Å². The van der Waals surface area contributed by atoms with E-state index >= 15 is 0 Å². The molecule has 6 nitrogen and oxygen atoms in total. The van der Waals surface area contributed by atoms with Crippen molar-refractivity contribution in [3.8, 4) is 11.3 Å². The van der Waals surface area contributed by atoms with Gasteiger partial charge in [0, 0.05) is 28.6 Å². The van der Waals surface area contributed by atoms with Crippen LogP contribution in [-0.2, 0) is 12.8 Å². The van der Waals surface area contributed by atoms with Gasteiger partial charge in [0.05, 0.1) is 10.6 Å². The number of non-ortho nitro benzene ring substituents is 1. The second-order valence-electron chi connectivity index (χ2n) is 6.94. The summed E-state index contributed by atoms with van der Waals surface area (Å²) < 4.78 is 0. The first kappa shape index (κ1) is 20.4. The van der Waals surface area contributed by atoms with E-state index in [0.29, 0.717) is 22.0 Å². The number of hydrogen-bond donors (Lipinski definition) is 1. The Morgan fingerprint density at radius 2 is 1.74 bits per heavy atom. The minimum atomic E-state index is -0.440. The lowest BCUT2D eigenvalue weighted by molar-refractivity contribution is -0.384. The Balaban J connectivity index is 1.48. The molecule has 0 saturated heterocycles. The third kappa shape index (κ3) is 5.02. The van der Waals surface area contributed by atoms with Crippen molar-refractivity contribution in [3.05, 3.63) is 111 Å². The van der Waals surface area contributed by atoms with Crippen LogP contribution in [0, 0.1) is 10.1 Å². The maximum absolute atomic E-state index is 12.9. The fourth-order valence-corrected chi connectivity index (χ4v) is 4.01. The Bertz CT molecular complexity index is 1220. The molecule has 7 heteroatoms. The zero-order valence-corrected chi connectivity index (χ0v) is 17.3. The van der Waals surface area contributed by atoms with E-state index in [1.807, 2.05) is 42.5 Å². The van der Waals surface area contributed by atoms with Crippen LogP contribution >= 0.6 is 11.3 Å². The molecule has 0 atom stereocenters. The lowest BCUT2D eigenvalue weighted by Gasteiger charge is -2.09. The summed E-state index contributed by atoms with van der Waals surface area (Å²) >= 11 is 1.28. The molecule has 4 aromatic rings. The van der Waals surface area contributed by atoms with Crippen LogP contribution in [0.2, 0.25) is 0 Å². The molecule has 0 bridgehead atoms. The van der Waals surface area contributed by atoms with E-state index in [-0.39, 0.29) is 11.6 Å². The van der Waals surface area contributed by atoms with Crippen molar-refractivity contribution >= 4 is 28.1 Å². The normalized spacial score (nSPS) is 10.6. The second kappa shape index (κ2) is 9.32. The maximum atomic E-state index is 12.9. The molecule has 154 valence electrons. The predicted octanol–water partition coefficient (Wildman–Crippen LogP) is 5.76. The van der Waals surface area contributed by atoms with Gasteiger partial charge in [-0.15, -0.1) is 11.3 Å². The molecule has 0 unspecified atom stereocenters. The number of amides is 1. The first-order valence-corrected chi connectivity index (χ1v) is 10.6. The van der Waals surface area contributed by atoms with Crippen molar-refractivity contribution in [2.75, 3.05) is 5.32 Å². The first-order chi connectivity index (χ1) is 15.1. The Labute approximate surface area is 183 Å². The summed E-state index contributed by atoms with van der Waals surface area (Å²) in [5, 5.41) is 16.1. The van der Waals surface area contributed by atoms with E-state index in [2.05, 4.69) is 22.4 Å². The number of anilines is 1. The number of aromatic nitrogens is 1. The molecular formula is C24H19N3O3S. The Kier molecular flexibility index (Phi) is 6.14. The van der Waals surface area contributed by atoms with Gasteiger partial charge in [-0.1, -0.05) is 60.7 Å². The number of aryl methyl sites for hydroxylation is 2. The van der Waals surface area contributed by atoms with Gasteiger partial charge in [-0.3, -0.25) is 20.2 Å². The van der Waals surface area contributed by atoms with Crippen molar-refractivity contribution in [1.82, 2.24) is 4.98 Å². The SMILES string of the molecule is O=C(Nc1nc(-c2cccc([N+](=O)[O-])c2)cs1)c1ccccc1CCc1ccccc1. The van der Waals surface area contributed by atoms with Gasteiger partial charge in [0.1, 0.15) is 0 Å². The van der Waals surface area contributed by atoms with Crippen molar-refractivity contribution in [3.63, 3.8) is 0 Å². The number of carbonyl (C=O) groups is 1. The third-order valence-electron chi connectivity index (χ3n) is 4.87. The summed E-state index contributed by atoms with van der Waals surface area (Å²) in [5.41, 5.74) is 4.03. The van der Waals surface area contributed by atoms with Crippen LogP contribution in [0.25, 0.3) is 11.3 Å². The number of carbonyl (C=O) groups excluding carboxylic acids is 1. The monoisotopic (exact) mass is 429 g/mol. The largest absolute Gasteiger partial charge is 0.298 e. The first-order valence-electron chi connectivity index (χ1n) is 9.74. The number of hydrogen-bond acceptors (Lipinski definition) is 5. The molecule has 0 aliphatic heterocycles. The number of thiazole rings is 1. The second-order valence-corrected chi connectivity index (χ2v) is 7.80. The molecule has 0 aliphatic rings. The molecule has 0 spiro atoms. The maximum Gasteiger partial charge on any atom is 0.270 e. The van der Waals surface area contributed by atoms with Crippen LogP contribution in [0.4, 0.5) is 10.8 Å². The Morgan fingerprint density at radius 3 is 2.55 bits per heavy atom. The van der Waals surface area contributed by atoms with Crippen LogP contribution in [-0.4, -0.2) is 15.8 Å². The van der Waals surface area contributed by atoms with Crippen molar-refractivity contribution < 1.29 is 9.72 Å². The topological polar surface area (TPSA) is 85.1 Å². The fraction of sp³-hybridized carbons (Fsp3) is 0.0833. The van der Waals surface area contributed by atoms with Crippen molar-refractivity contribution in [2.24, 2.45) is 0 Å². The molecule has 1 amide bonds. The minimum absolute atomic E-state index is 0.00318. The van der Waals surface area contributed by atoms with Crippen LogP contribution in [0.3, 0.4) is 0 Å². The number of nitro benzene ring substituents is 1. The number of nitrogens with zero attached hydrogens (tertiary/aromatic N) is 2. The van der Waals surface area contributed by atoms with Gasteiger partial charge in [0.15, 0.2) is 5.13 Å². The highest BCUT2D eigenvalue weighted by atomic mass is 32.1. The standard InChI is InChI=1S/C24H19N3O3S/c28-23(21-12-5-4-9-18(21)14-13-17-7-2-1-3-8-17)26-24-25-22(16-31-24)19-10-6-11-20(15-19)27(29)30/h1-12,15-16H,13-14H2,(H,25,26,28). The zero-order chi connectivity index (χ0) is 21.6. The van der Waals surface area contributed by atoms with Gasteiger partial charge in [-0.05, 0) is 30.0 Å². The highest BCUT2D eigenvalue weighted by Gasteiger charge is 2.14. The van der Waals surface area contributed by atoms with Crippen LogP contribution in [0.5, 0.6) is 0 Å². The van der Waals surface area contributed by atoms with Crippen molar-refractivity contribution in [1.29, 1.82) is 0 Å². The minimum Gasteiger partial charge on any atom is -0.298 e. The summed E-state index contributed by atoms with van der Waals surface area (Å²) in [6.45, 7) is 0. The number of benzene rings is 3. The summed E-state index contributed by atoms with van der Waals surface area (Å²) in [5.74, 6) is -0.219. The average molecular weight is 430 g/mol.